The van der Waals surface area contributed by atoms with Gasteiger partial charge in [-0.1, -0.05) is 30.3 Å². The van der Waals surface area contributed by atoms with Crippen molar-refractivity contribution < 1.29 is 13.9 Å². The van der Waals surface area contributed by atoms with Gasteiger partial charge in [-0.2, -0.15) is 0 Å². The second-order valence-electron chi connectivity index (χ2n) is 4.67. The predicted octanol–water partition coefficient (Wildman–Crippen LogP) is 3.85. The smallest absolute Gasteiger partial charge is 0.123 e. The summed E-state index contributed by atoms with van der Waals surface area (Å²) in [5.74, 6) is 0.399. The zero-order valence-corrected chi connectivity index (χ0v) is 11.6. The maximum absolute atomic E-state index is 12.7. The van der Waals surface area contributed by atoms with Crippen LogP contribution in [0.15, 0.2) is 54.6 Å². The Kier molecular flexibility index (Phi) is 5.56. The van der Waals surface area contributed by atoms with Gasteiger partial charge in [-0.25, -0.2) is 4.39 Å². The summed E-state index contributed by atoms with van der Waals surface area (Å²) in [5, 5.41) is 0. The van der Waals surface area contributed by atoms with Crippen molar-refractivity contribution in [3.63, 3.8) is 0 Å². The first-order chi connectivity index (χ1) is 9.74. The number of rotatable bonds is 7. The second-order valence-corrected chi connectivity index (χ2v) is 4.67. The van der Waals surface area contributed by atoms with E-state index in [1.165, 1.54) is 17.7 Å². The lowest BCUT2D eigenvalue weighted by Crippen LogP contribution is -2.16. The minimum Gasteiger partial charge on any atom is -0.491 e. The van der Waals surface area contributed by atoms with Crippen LogP contribution < -0.4 is 4.74 Å². The third kappa shape index (κ3) is 5.02. The Bertz CT molecular complexity index is 496. The van der Waals surface area contributed by atoms with Crippen LogP contribution in [-0.4, -0.2) is 19.3 Å². The molecule has 2 aromatic rings. The van der Waals surface area contributed by atoms with Gasteiger partial charge in [0.25, 0.3) is 0 Å². The van der Waals surface area contributed by atoms with Crippen molar-refractivity contribution in [2.45, 2.75) is 19.4 Å². The highest BCUT2D eigenvalue weighted by atomic mass is 19.1. The first-order valence-electron chi connectivity index (χ1n) is 6.78. The molecule has 0 aromatic heterocycles. The summed E-state index contributed by atoms with van der Waals surface area (Å²) >= 11 is 0. The molecule has 0 aliphatic carbocycles. The normalized spacial score (nSPS) is 12.1. The Morgan fingerprint density at radius 2 is 1.65 bits per heavy atom. The fourth-order valence-corrected chi connectivity index (χ4v) is 1.94. The van der Waals surface area contributed by atoms with Crippen LogP contribution in [0.3, 0.4) is 0 Å². The van der Waals surface area contributed by atoms with Crippen LogP contribution in [0.2, 0.25) is 0 Å². The molecule has 0 fully saturated rings. The van der Waals surface area contributed by atoms with E-state index >= 15 is 0 Å². The molecule has 0 radical (unpaired) electrons. The van der Waals surface area contributed by atoms with Crippen LogP contribution in [0.1, 0.15) is 12.5 Å². The Morgan fingerprint density at radius 3 is 2.35 bits per heavy atom. The molecule has 106 valence electrons. The highest BCUT2D eigenvalue weighted by Crippen LogP contribution is 2.11. The molecule has 0 amide bonds. The number of hydrogen-bond donors (Lipinski definition) is 0. The lowest BCUT2D eigenvalue weighted by Gasteiger charge is -2.13. The lowest BCUT2D eigenvalue weighted by atomic mass is 10.1. The minimum absolute atomic E-state index is 0.147. The summed E-state index contributed by atoms with van der Waals surface area (Å²) in [7, 11) is 0. The molecule has 0 saturated carbocycles. The van der Waals surface area contributed by atoms with E-state index in [-0.39, 0.29) is 11.9 Å². The zero-order chi connectivity index (χ0) is 14.2. The van der Waals surface area contributed by atoms with E-state index in [1.54, 1.807) is 12.1 Å². The van der Waals surface area contributed by atoms with E-state index in [0.29, 0.717) is 19.0 Å². The summed E-state index contributed by atoms with van der Waals surface area (Å²) in [4.78, 5) is 0. The largest absolute Gasteiger partial charge is 0.491 e. The molecule has 20 heavy (non-hydrogen) atoms. The standard InChI is InChI=1S/C17H19FO2/c1-14(13-15-5-3-2-4-6-15)19-11-12-20-17-9-7-16(18)8-10-17/h2-10,14H,11-13H2,1H3. The third-order valence-electron chi connectivity index (χ3n) is 2.93. The number of hydrogen-bond acceptors (Lipinski definition) is 2. The molecule has 0 aliphatic heterocycles. The van der Waals surface area contributed by atoms with Gasteiger partial charge in [-0.05, 0) is 43.2 Å². The van der Waals surface area contributed by atoms with Crippen LogP contribution in [0.25, 0.3) is 0 Å². The first kappa shape index (κ1) is 14.5. The molecular weight excluding hydrogens is 255 g/mol. The molecule has 2 rings (SSSR count). The highest BCUT2D eigenvalue weighted by Gasteiger charge is 2.03. The SMILES string of the molecule is CC(Cc1ccccc1)OCCOc1ccc(F)cc1. The van der Waals surface area contributed by atoms with Crippen LogP contribution in [0, 0.1) is 5.82 Å². The molecule has 1 atom stereocenters. The van der Waals surface area contributed by atoms with E-state index < -0.39 is 0 Å². The zero-order valence-electron chi connectivity index (χ0n) is 11.6. The fourth-order valence-electron chi connectivity index (χ4n) is 1.94. The molecular formula is C17H19FO2. The van der Waals surface area contributed by atoms with Crippen molar-refractivity contribution in [3.8, 4) is 5.75 Å². The summed E-state index contributed by atoms with van der Waals surface area (Å²) in [6, 6.07) is 16.2. The lowest BCUT2D eigenvalue weighted by molar-refractivity contribution is 0.0449. The van der Waals surface area contributed by atoms with Crippen molar-refractivity contribution in [1.29, 1.82) is 0 Å². The summed E-state index contributed by atoms with van der Waals surface area (Å²) in [6.45, 7) is 3.03. The number of halogens is 1. The molecule has 3 heteroatoms. The van der Waals surface area contributed by atoms with Crippen molar-refractivity contribution in [2.75, 3.05) is 13.2 Å². The Balaban J connectivity index is 1.64. The monoisotopic (exact) mass is 274 g/mol. The van der Waals surface area contributed by atoms with Gasteiger partial charge >= 0.3 is 0 Å². The van der Waals surface area contributed by atoms with Crippen LogP contribution in [0.4, 0.5) is 4.39 Å². The van der Waals surface area contributed by atoms with Crippen molar-refractivity contribution in [1.82, 2.24) is 0 Å². The van der Waals surface area contributed by atoms with Crippen molar-refractivity contribution >= 4 is 0 Å². The Hall–Kier alpha value is -1.87. The van der Waals surface area contributed by atoms with E-state index in [9.17, 15) is 4.39 Å². The molecule has 0 bridgehead atoms. The van der Waals surface area contributed by atoms with Gasteiger partial charge < -0.3 is 9.47 Å². The van der Waals surface area contributed by atoms with Gasteiger partial charge in [0.15, 0.2) is 0 Å². The molecule has 0 heterocycles. The predicted molar refractivity (Wildman–Crippen MR) is 77.5 cm³/mol. The summed E-state index contributed by atoms with van der Waals surface area (Å²) in [6.07, 6.45) is 1.03. The van der Waals surface area contributed by atoms with Gasteiger partial charge in [0, 0.05) is 0 Å². The maximum atomic E-state index is 12.7. The Morgan fingerprint density at radius 1 is 0.950 bits per heavy atom. The molecule has 1 unspecified atom stereocenters. The van der Waals surface area contributed by atoms with Gasteiger partial charge in [0.1, 0.15) is 18.2 Å². The first-order valence-corrected chi connectivity index (χ1v) is 6.78. The van der Waals surface area contributed by atoms with E-state index in [1.807, 2.05) is 25.1 Å². The summed E-state index contributed by atoms with van der Waals surface area (Å²) < 4.78 is 23.9. The van der Waals surface area contributed by atoms with Crippen LogP contribution in [0.5, 0.6) is 5.75 Å². The molecule has 0 spiro atoms. The van der Waals surface area contributed by atoms with Crippen LogP contribution >= 0.6 is 0 Å². The highest BCUT2D eigenvalue weighted by molar-refractivity contribution is 5.22. The summed E-state index contributed by atoms with van der Waals surface area (Å²) in [5.41, 5.74) is 1.26. The van der Waals surface area contributed by atoms with E-state index in [4.69, 9.17) is 9.47 Å². The fraction of sp³-hybridized carbons (Fsp3) is 0.294. The number of benzene rings is 2. The van der Waals surface area contributed by atoms with Crippen molar-refractivity contribution in [2.24, 2.45) is 0 Å². The quantitative estimate of drug-likeness (QED) is 0.714. The second kappa shape index (κ2) is 7.65. The van der Waals surface area contributed by atoms with Crippen molar-refractivity contribution in [3.05, 3.63) is 66.0 Å². The van der Waals surface area contributed by atoms with E-state index in [0.717, 1.165) is 6.42 Å². The van der Waals surface area contributed by atoms with Gasteiger partial charge in [-0.15, -0.1) is 0 Å². The topological polar surface area (TPSA) is 18.5 Å². The minimum atomic E-state index is -0.259. The molecule has 2 aromatic carbocycles. The van der Waals surface area contributed by atoms with E-state index in [2.05, 4.69) is 12.1 Å². The average Bonchev–Trinajstić information content (AvgIpc) is 2.46. The Labute approximate surface area is 119 Å². The van der Waals surface area contributed by atoms with Gasteiger partial charge in [-0.3, -0.25) is 0 Å². The maximum Gasteiger partial charge on any atom is 0.123 e. The molecule has 0 saturated heterocycles. The molecule has 0 aliphatic rings. The molecule has 2 nitrogen and oxygen atoms in total. The average molecular weight is 274 g/mol. The number of ether oxygens (including phenoxy) is 2. The van der Waals surface area contributed by atoms with Crippen LogP contribution in [-0.2, 0) is 11.2 Å². The van der Waals surface area contributed by atoms with Gasteiger partial charge in [0.05, 0.1) is 12.7 Å². The third-order valence-corrected chi connectivity index (χ3v) is 2.93. The molecule has 0 N–H and O–H groups in total. The van der Waals surface area contributed by atoms with Gasteiger partial charge in [0.2, 0.25) is 0 Å².